The first-order valence-corrected chi connectivity index (χ1v) is 14.7. The number of hydrogen-bond donors (Lipinski definition) is 1. The number of para-hydroxylation sites is 1. The van der Waals surface area contributed by atoms with E-state index in [2.05, 4.69) is 11.6 Å². The number of amides is 1. The number of halogens is 4. The Morgan fingerprint density at radius 2 is 1.56 bits per heavy atom. The molecule has 0 unspecified atom stereocenters. The van der Waals surface area contributed by atoms with Crippen LogP contribution in [0, 0.1) is 5.82 Å². The summed E-state index contributed by atoms with van der Waals surface area (Å²) in [7, 11) is 0. The van der Waals surface area contributed by atoms with Crippen LogP contribution < -0.4 is 16.6 Å². The van der Waals surface area contributed by atoms with E-state index in [1.165, 1.54) is 23.1 Å². The lowest BCUT2D eigenvalue weighted by Crippen LogP contribution is -2.49. The number of carbonyl (C=O) groups excluding carboxylic acids is 2. The number of anilines is 1. The van der Waals surface area contributed by atoms with Crippen LogP contribution in [0.2, 0.25) is 10.0 Å². The lowest BCUT2D eigenvalue weighted by Gasteiger charge is -2.37. The van der Waals surface area contributed by atoms with Crippen LogP contribution in [-0.2, 0) is 11.3 Å². The van der Waals surface area contributed by atoms with Crippen LogP contribution in [0.5, 0.6) is 0 Å². The van der Waals surface area contributed by atoms with Gasteiger partial charge in [-0.1, -0.05) is 53.5 Å². The molecule has 0 saturated carbocycles. The second kappa shape index (κ2) is 15.2. The summed E-state index contributed by atoms with van der Waals surface area (Å²) in [6, 6.07) is 18.0. The lowest BCUT2D eigenvalue weighted by molar-refractivity contribution is 0.0523. The molecule has 1 amide bonds. The molecule has 0 bridgehead atoms. The Balaban J connectivity index is 0.00000165. The standard InChI is InChI=1S/C30H26Cl2FN3O4.CH3Cl.H3N/c1-2-40-30(39)26-27(34-13-15-35(16-14-34)28(37)20-9-12-23(31)24(32)17-20)22-5-3-4-6-25(22)36(29(26)38)18-19-7-10-21(33)11-8-19;1-2;/h3-12,17H,2,13-16,18H2,1H3;1H3;1H3. The number of alkyl halides is 1. The van der Waals surface area contributed by atoms with Crippen molar-refractivity contribution in [1.82, 2.24) is 15.6 Å². The normalized spacial score (nSPS) is 12.7. The van der Waals surface area contributed by atoms with Crippen molar-refractivity contribution in [3.63, 3.8) is 0 Å². The van der Waals surface area contributed by atoms with Crippen molar-refractivity contribution in [1.29, 1.82) is 0 Å². The van der Waals surface area contributed by atoms with Crippen molar-refractivity contribution in [3.8, 4) is 0 Å². The summed E-state index contributed by atoms with van der Waals surface area (Å²) in [5, 5.41) is 1.38. The van der Waals surface area contributed by atoms with E-state index in [-0.39, 0.29) is 36.6 Å². The molecule has 1 aliphatic rings. The average molecular weight is 650 g/mol. The zero-order valence-electron chi connectivity index (χ0n) is 23.8. The quantitative estimate of drug-likeness (QED) is 0.185. The van der Waals surface area contributed by atoms with Crippen LogP contribution in [0.15, 0.2) is 71.5 Å². The molecule has 3 N–H and O–H groups in total. The predicted molar refractivity (Wildman–Crippen MR) is 171 cm³/mol. The topological polar surface area (TPSA) is 107 Å². The van der Waals surface area contributed by atoms with E-state index in [4.69, 9.17) is 27.9 Å². The minimum Gasteiger partial charge on any atom is -0.462 e. The molecule has 0 spiro atoms. The number of benzene rings is 3. The third-order valence-corrected chi connectivity index (χ3v) is 7.67. The Morgan fingerprint density at radius 1 is 0.907 bits per heavy atom. The van der Waals surface area contributed by atoms with Gasteiger partial charge in [-0.05, 0) is 48.9 Å². The highest BCUT2D eigenvalue weighted by Gasteiger charge is 2.30. The Hall–Kier alpha value is -3.63. The minimum absolute atomic E-state index is 0. The summed E-state index contributed by atoms with van der Waals surface area (Å²) in [6.45, 7) is 3.47. The first kappa shape index (κ1) is 33.9. The number of aromatic nitrogens is 1. The molecule has 4 aromatic rings. The van der Waals surface area contributed by atoms with Gasteiger partial charge in [-0.15, -0.1) is 11.6 Å². The van der Waals surface area contributed by atoms with Gasteiger partial charge in [0.05, 0.1) is 34.4 Å². The number of fused-ring (bicyclic) bond motifs is 1. The summed E-state index contributed by atoms with van der Waals surface area (Å²) in [5.41, 5.74) is 1.71. The number of carbonyl (C=O) groups is 2. The molecule has 3 aromatic carbocycles. The predicted octanol–water partition coefficient (Wildman–Crippen LogP) is 6.65. The second-order valence-electron chi connectivity index (χ2n) is 9.39. The van der Waals surface area contributed by atoms with E-state index in [1.807, 2.05) is 29.2 Å². The molecule has 43 heavy (non-hydrogen) atoms. The first-order chi connectivity index (χ1) is 20.3. The van der Waals surface area contributed by atoms with Gasteiger partial charge in [0.15, 0.2) is 0 Å². The van der Waals surface area contributed by atoms with E-state index < -0.39 is 11.5 Å². The zero-order valence-corrected chi connectivity index (χ0v) is 26.1. The van der Waals surface area contributed by atoms with E-state index in [0.717, 1.165) is 0 Å². The minimum atomic E-state index is -0.713. The molecular formula is C31H32Cl3FN4O4. The fourth-order valence-electron chi connectivity index (χ4n) is 4.98. The van der Waals surface area contributed by atoms with Crippen molar-refractivity contribution >= 4 is 63.3 Å². The van der Waals surface area contributed by atoms with Gasteiger partial charge in [0.25, 0.3) is 11.5 Å². The molecule has 0 atom stereocenters. The maximum absolute atomic E-state index is 13.9. The summed E-state index contributed by atoms with van der Waals surface area (Å²) >= 11 is 16.8. The highest BCUT2D eigenvalue weighted by Crippen LogP contribution is 2.31. The number of nitrogens with zero attached hydrogens (tertiary/aromatic N) is 3. The lowest BCUT2D eigenvalue weighted by atomic mass is 10.0. The number of pyridine rings is 1. The van der Waals surface area contributed by atoms with Crippen LogP contribution in [0.25, 0.3) is 10.9 Å². The molecule has 1 aliphatic heterocycles. The number of hydrogen-bond acceptors (Lipinski definition) is 6. The molecule has 1 aromatic heterocycles. The number of ether oxygens (including phenoxy) is 1. The number of esters is 1. The molecule has 8 nitrogen and oxygen atoms in total. The summed E-state index contributed by atoms with van der Waals surface area (Å²) in [5.74, 6) is -1.26. The van der Waals surface area contributed by atoms with Crippen molar-refractivity contribution in [2.75, 3.05) is 44.1 Å². The first-order valence-electron chi connectivity index (χ1n) is 13.2. The second-order valence-corrected chi connectivity index (χ2v) is 10.2. The maximum Gasteiger partial charge on any atom is 0.345 e. The van der Waals surface area contributed by atoms with Crippen molar-refractivity contribution in [2.45, 2.75) is 13.5 Å². The molecular weight excluding hydrogens is 618 g/mol. The molecule has 5 rings (SSSR count). The molecule has 228 valence electrons. The fourth-order valence-corrected chi connectivity index (χ4v) is 5.28. The SMILES string of the molecule is CCOC(=O)c1c(N2CCN(C(=O)c3ccc(Cl)c(Cl)c3)CC2)c2ccccc2n(Cc2ccc(F)cc2)c1=O.CCl.N. The van der Waals surface area contributed by atoms with Crippen LogP contribution in [0.4, 0.5) is 10.1 Å². The van der Waals surface area contributed by atoms with Crippen molar-refractivity contribution < 1.29 is 18.7 Å². The maximum atomic E-state index is 13.9. The van der Waals surface area contributed by atoms with Gasteiger partial charge >= 0.3 is 5.97 Å². The fraction of sp³-hybridized carbons (Fsp3) is 0.258. The van der Waals surface area contributed by atoms with Gasteiger partial charge in [-0.25, -0.2) is 9.18 Å². The molecule has 12 heteroatoms. The van der Waals surface area contributed by atoms with Gasteiger partial charge in [0.2, 0.25) is 0 Å². The summed E-state index contributed by atoms with van der Waals surface area (Å²) in [6.07, 6.45) is 1.47. The van der Waals surface area contributed by atoms with Crippen LogP contribution in [0.1, 0.15) is 33.2 Å². The zero-order chi connectivity index (χ0) is 30.4. The summed E-state index contributed by atoms with van der Waals surface area (Å²) in [4.78, 5) is 44.0. The van der Waals surface area contributed by atoms with Crippen molar-refractivity contribution in [3.05, 3.63) is 110 Å². The van der Waals surface area contributed by atoms with Gasteiger partial charge in [-0.2, -0.15) is 0 Å². The average Bonchev–Trinajstić information content (AvgIpc) is 3.01. The highest BCUT2D eigenvalue weighted by molar-refractivity contribution is 6.42. The third-order valence-electron chi connectivity index (χ3n) is 6.93. The highest BCUT2D eigenvalue weighted by atomic mass is 35.5. The number of piperazine rings is 1. The molecule has 2 heterocycles. The number of rotatable bonds is 6. The smallest absolute Gasteiger partial charge is 0.345 e. The van der Waals surface area contributed by atoms with Gasteiger partial charge in [0, 0.05) is 43.5 Å². The van der Waals surface area contributed by atoms with Crippen LogP contribution >= 0.6 is 34.8 Å². The molecule has 1 saturated heterocycles. The molecule has 1 fully saturated rings. The Kier molecular flexibility index (Phi) is 12.0. The van der Waals surface area contributed by atoms with Crippen molar-refractivity contribution in [2.24, 2.45) is 0 Å². The van der Waals surface area contributed by atoms with Gasteiger partial charge < -0.3 is 25.3 Å². The monoisotopic (exact) mass is 648 g/mol. The van der Waals surface area contributed by atoms with Gasteiger partial charge in [-0.3, -0.25) is 9.59 Å². The molecule has 0 aliphatic carbocycles. The Labute approximate surface area is 264 Å². The third kappa shape index (κ3) is 7.30. The van der Waals surface area contributed by atoms with E-state index in [1.54, 1.807) is 42.2 Å². The summed E-state index contributed by atoms with van der Waals surface area (Å²) < 4.78 is 20.4. The largest absolute Gasteiger partial charge is 0.462 e. The van der Waals surface area contributed by atoms with E-state index in [0.29, 0.717) is 63.9 Å². The van der Waals surface area contributed by atoms with E-state index in [9.17, 15) is 18.8 Å². The van der Waals surface area contributed by atoms with Crippen LogP contribution in [-0.4, -0.2) is 60.5 Å². The van der Waals surface area contributed by atoms with E-state index >= 15 is 0 Å². The van der Waals surface area contributed by atoms with Crippen LogP contribution in [0.3, 0.4) is 0 Å². The molecule has 0 radical (unpaired) electrons. The van der Waals surface area contributed by atoms with Gasteiger partial charge in [0.1, 0.15) is 11.4 Å². The Bertz CT molecular complexity index is 1660. The Morgan fingerprint density at radius 3 is 2.19 bits per heavy atom.